The second-order valence-electron chi connectivity index (χ2n) is 4.13. The first-order valence-corrected chi connectivity index (χ1v) is 6.01. The van der Waals surface area contributed by atoms with Gasteiger partial charge in [-0.15, -0.1) is 0 Å². The summed E-state index contributed by atoms with van der Waals surface area (Å²) in [7, 11) is 3.30. The summed E-state index contributed by atoms with van der Waals surface area (Å²) >= 11 is 0. The molecular weight excluding hydrogens is 248 g/mol. The fraction of sp³-hybridized carbons (Fsp3) is 0.385. The normalized spacial score (nSPS) is 12.6. The number of benzene rings is 1. The monoisotopic (exact) mass is 264 g/mol. The lowest BCUT2D eigenvalue weighted by Gasteiger charge is -2.14. The van der Waals surface area contributed by atoms with Crippen molar-refractivity contribution in [3.63, 3.8) is 0 Å². The van der Waals surface area contributed by atoms with E-state index < -0.39 is 11.8 Å². The lowest BCUT2D eigenvalue weighted by Crippen LogP contribution is -2.27. The fourth-order valence-electron chi connectivity index (χ4n) is 1.97. The summed E-state index contributed by atoms with van der Waals surface area (Å²) in [5.74, 6) is -0.776. The number of hydrogen-bond acceptors (Lipinski definition) is 5. The molecule has 0 spiro atoms. The van der Waals surface area contributed by atoms with Crippen LogP contribution in [0.2, 0.25) is 0 Å². The molecule has 2 rings (SSSR count). The van der Waals surface area contributed by atoms with Crippen molar-refractivity contribution in [1.29, 1.82) is 0 Å². The summed E-state index contributed by atoms with van der Waals surface area (Å²) < 4.78 is 11.4. The molecule has 1 aromatic carbocycles. The first-order valence-electron chi connectivity index (χ1n) is 6.01. The minimum atomic E-state index is -0.561. The summed E-state index contributed by atoms with van der Waals surface area (Å²) in [6.45, 7) is 2.08. The molecule has 0 saturated carbocycles. The van der Waals surface area contributed by atoms with Crippen LogP contribution in [-0.2, 0) is 16.6 Å². The number of aryl methyl sites for hydroxylation is 1. The van der Waals surface area contributed by atoms with Gasteiger partial charge in [-0.2, -0.15) is 0 Å². The molecule has 102 valence electrons. The molecule has 0 bridgehead atoms. The van der Waals surface area contributed by atoms with E-state index >= 15 is 0 Å². The number of nitrogens with one attached hydrogen (secondary N) is 1. The molecular formula is C13H16N2O4. The fourth-order valence-corrected chi connectivity index (χ4v) is 1.97. The highest BCUT2D eigenvalue weighted by Gasteiger charge is 2.21. The van der Waals surface area contributed by atoms with E-state index in [-0.39, 0.29) is 5.97 Å². The number of likely N-dealkylation sites (N-methyl/N-ethyl adjacent to an activating group) is 1. The van der Waals surface area contributed by atoms with Gasteiger partial charge in [0.15, 0.2) is 5.58 Å². The maximum atomic E-state index is 11.8. The van der Waals surface area contributed by atoms with Crippen molar-refractivity contribution in [1.82, 2.24) is 9.88 Å². The summed E-state index contributed by atoms with van der Waals surface area (Å²) in [6, 6.07) is 4.60. The lowest BCUT2D eigenvalue weighted by atomic mass is 10.1. The van der Waals surface area contributed by atoms with E-state index in [1.165, 1.54) is 4.57 Å². The maximum absolute atomic E-state index is 11.8. The van der Waals surface area contributed by atoms with Gasteiger partial charge in [0.1, 0.15) is 6.04 Å². The van der Waals surface area contributed by atoms with Crippen LogP contribution in [0.5, 0.6) is 0 Å². The Kier molecular flexibility index (Phi) is 3.71. The quantitative estimate of drug-likeness (QED) is 0.832. The predicted octanol–water partition coefficient (Wildman–Crippen LogP) is 0.955. The number of carbonyl (C=O) groups is 1. The van der Waals surface area contributed by atoms with Crippen molar-refractivity contribution in [2.75, 3.05) is 13.7 Å². The van der Waals surface area contributed by atoms with Gasteiger partial charge in [0, 0.05) is 7.05 Å². The number of carbonyl (C=O) groups excluding carboxylic acids is 1. The topological polar surface area (TPSA) is 73.5 Å². The van der Waals surface area contributed by atoms with Crippen LogP contribution in [0.1, 0.15) is 18.5 Å². The number of fused-ring (bicyclic) bond motifs is 1. The van der Waals surface area contributed by atoms with Gasteiger partial charge in [0.25, 0.3) is 0 Å². The summed E-state index contributed by atoms with van der Waals surface area (Å²) in [5, 5.41) is 2.90. The summed E-state index contributed by atoms with van der Waals surface area (Å²) in [4.78, 5) is 23.2. The van der Waals surface area contributed by atoms with Gasteiger partial charge in [-0.1, -0.05) is 6.07 Å². The van der Waals surface area contributed by atoms with Crippen LogP contribution >= 0.6 is 0 Å². The van der Waals surface area contributed by atoms with Gasteiger partial charge in [-0.25, -0.2) is 9.59 Å². The van der Waals surface area contributed by atoms with E-state index in [4.69, 9.17) is 9.15 Å². The molecule has 1 aromatic heterocycles. The van der Waals surface area contributed by atoms with E-state index in [2.05, 4.69) is 5.32 Å². The van der Waals surface area contributed by atoms with Gasteiger partial charge in [0.2, 0.25) is 0 Å². The van der Waals surface area contributed by atoms with E-state index in [1.54, 1.807) is 39.2 Å². The Bertz CT molecular complexity index is 656. The van der Waals surface area contributed by atoms with Crippen LogP contribution in [0, 0.1) is 0 Å². The number of rotatable bonds is 4. The zero-order valence-electron chi connectivity index (χ0n) is 11.1. The van der Waals surface area contributed by atoms with Crippen molar-refractivity contribution in [2.45, 2.75) is 13.0 Å². The van der Waals surface area contributed by atoms with Crippen LogP contribution < -0.4 is 11.1 Å². The van der Waals surface area contributed by atoms with Crippen LogP contribution in [0.25, 0.3) is 11.1 Å². The van der Waals surface area contributed by atoms with Crippen molar-refractivity contribution in [3.8, 4) is 0 Å². The van der Waals surface area contributed by atoms with Gasteiger partial charge < -0.3 is 14.5 Å². The van der Waals surface area contributed by atoms with Crippen LogP contribution in [-0.4, -0.2) is 24.2 Å². The highest BCUT2D eigenvalue weighted by molar-refractivity contribution is 5.81. The average molecular weight is 264 g/mol. The third-order valence-corrected chi connectivity index (χ3v) is 2.96. The van der Waals surface area contributed by atoms with E-state index in [0.29, 0.717) is 17.7 Å². The van der Waals surface area contributed by atoms with Gasteiger partial charge in [0.05, 0.1) is 12.1 Å². The molecule has 1 heterocycles. The Morgan fingerprint density at radius 2 is 2.26 bits per heavy atom. The average Bonchev–Trinajstić information content (AvgIpc) is 2.67. The zero-order chi connectivity index (χ0) is 14.0. The van der Waals surface area contributed by atoms with Crippen molar-refractivity contribution in [2.24, 2.45) is 7.05 Å². The Hall–Kier alpha value is -2.08. The van der Waals surface area contributed by atoms with Crippen LogP contribution in [0.4, 0.5) is 0 Å². The standard InChI is InChI=1S/C13H16N2O4/c1-4-18-12(16)11(14-2)8-5-6-10-9(7-8)15(3)13(17)19-10/h5-7,11,14H,4H2,1-3H3. The first kappa shape index (κ1) is 13.4. The van der Waals surface area contributed by atoms with Crippen molar-refractivity contribution >= 4 is 17.1 Å². The highest BCUT2D eigenvalue weighted by atomic mass is 16.5. The second-order valence-corrected chi connectivity index (χ2v) is 4.13. The Morgan fingerprint density at radius 3 is 2.89 bits per heavy atom. The maximum Gasteiger partial charge on any atom is 0.419 e. The Morgan fingerprint density at radius 1 is 1.53 bits per heavy atom. The largest absolute Gasteiger partial charge is 0.465 e. The molecule has 0 aliphatic heterocycles. The smallest absolute Gasteiger partial charge is 0.419 e. The third kappa shape index (κ3) is 2.39. The van der Waals surface area contributed by atoms with Gasteiger partial charge in [-0.05, 0) is 31.7 Å². The predicted molar refractivity (Wildman–Crippen MR) is 69.9 cm³/mol. The second kappa shape index (κ2) is 5.27. The van der Waals surface area contributed by atoms with Gasteiger partial charge >= 0.3 is 11.7 Å². The number of hydrogen-bond donors (Lipinski definition) is 1. The summed E-state index contributed by atoms with van der Waals surface area (Å²) in [5.41, 5.74) is 1.87. The minimum Gasteiger partial charge on any atom is -0.465 e. The number of aromatic nitrogens is 1. The molecule has 1 atom stereocenters. The van der Waals surface area contributed by atoms with Crippen molar-refractivity contribution < 1.29 is 13.9 Å². The molecule has 6 heteroatoms. The number of esters is 1. The third-order valence-electron chi connectivity index (χ3n) is 2.96. The molecule has 0 amide bonds. The number of nitrogens with zero attached hydrogens (tertiary/aromatic N) is 1. The molecule has 0 fully saturated rings. The molecule has 0 aliphatic rings. The zero-order valence-corrected chi connectivity index (χ0v) is 11.1. The minimum absolute atomic E-state index is 0.323. The molecule has 6 nitrogen and oxygen atoms in total. The highest BCUT2D eigenvalue weighted by Crippen LogP contribution is 2.20. The Labute approximate surface area is 110 Å². The van der Waals surface area contributed by atoms with E-state index in [9.17, 15) is 9.59 Å². The van der Waals surface area contributed by atoms with Crippen molar-refractivity contribution in [3.05, 3.63) is 34.3 Å². The molecule has 2 aromatic rings. The molecule has 0 saturated heterocycles. The van der Waals surface area contributed by atoms with Gasteiger partial charge in [-0.3, -0.25) is 4.57 Å². The molecule has 19 heavy (non-hydrogen) atoms. The molecule has 1 N–H and O–H groups in total. The van der Waals surface area contributed by atoms with Crippen LogP contribution in [0.15, 0.2) is 27.4 Å². The van der Waals surface area contributed by atoms with E-state index in [1.807, 2.05) is 0 Å². The number of ether oxygens (including phenoxy) is 1. The molecule has 0 aliphatic carbocycles. The number of oxazole rings is 1. The molecule has 0 radical (unpaired) electrons. The first-order chi connectivity index (χ1) is 9.08. The van der Waals surface area contributed by atoms with E-state index in [0.717, 1.165) is 5.56 Å². The molecule has 1 unspecified atom stereocenters. The summed E-state index contributed by atoms with van der Waals surface area (Å²) in [6.07, 6.45) is 0. The lowest BCUT2D eigenvalue weighted by molar-refractivity contribution is -0.145. The Balaban J connectivity index is 2.46. The SMILES string of the molecule is CCOC(=O)C(NC)c1ccc2oc(=O)n(C)c2c1. The van der Waals surface area contributed by atoms with Crippen LogP contribution in [0.3, 0.4) is 0 Å².